The summed E-state index contributed by atoms with van der Waals surface area (Å²) in [6.07, 6.45) is 1.55. The second-order valence-electron chi connectivity index (χ2n) is 7.78. The van der Waals surface area contributed by atoms with Crippen molar-refractivity contribution in [3.63, 3.8) is 0 Å². The molecule has 1 aliphatic rings. The predicted octanol–water partition coefficient (Wildman–Crippen LogP) is 2.62. The first-order valence-corrected chi connectivity index (χ1v) is 8.90. The molecule has 1 N–H and O–H groups in total. The van der Waals surface area contributed by atoms with Crippen LogP contribution in [0.3, 0.4) is 0 Å². The number of hydrogen-bond donors (Lipinski definition) is 1. The third-order valence-electron chi connectivity index (χ3n) is 4.11. The molecular weight excluding hydrogens is 348 g/mol. The second kappa shape index (κ2) is 7.82. The van der Waals surface area contributed by atoms with Crippen LogP contribution in [0.4, 0.5) is 10.5 Å². The Kier molecular flexibility index (Phi) is 5.94. The Bertz CT molecular complexity index is 766. The molecule has 0 spiro atoms. The molecule has 1 aliphatic heterocycles. The number of hydrogen-bond acceptors (Lipinski definition) is 7. The highest BCUT2D eigenvalue weighted by Crippen LogP contribution is 2.30. The molecule has 8 heteroatoms. The number of aromatic nitrogens is 1. The van der Waals surface area contributed by atoms with Gasteiger partial charge in [0.25, 0.3) is 0 Å². The van der Waals surface area contributed by atoms with Crippen molar-refractivity contribution >= 4 is 17.7 Å². The summed E-state index contributed by atoms with van der Waals surface area (Å²) in [7, 11) is 0. The summed E-state index contributed by atoms with van der Waals surface area (Å²) >= 11 is 0. The Labute approximate surface area is 159 Å². The molecule has 0 saturated carbocycles. The summed E-state index contributed by atoms with van der Waals surface area (Å²) in [4.78, 5) is 30.3. The quantitative estimate of drug-likeness (QED) is 0.808. The van der Waals surface area contributed by atoms with E-state index in [0.29, 0.717) is 30.8 Å². The molecule has 0 aromatic carbocycles. The van der Waals surface area contributed by atoms with Gasteiger partial charge in [-0.2, -0.15) is 5.26 Å². The summed E-state index contributed by atoms with van der Waals surface area (Å²) in [5.74, 6) is -0.488. The first kappa shape index (κ1) is 20.5. The maximum Gasteiger partial charge on any atom is 0.408 e. The smallest absolute Gasteiger partial charge is 0.408 e. The number of carbonyl (C=O) groups is 2. The van der Waals surface area contributed by atoms with Gasteiger partial charge in [0.15, 0.2) is 0 Å². The second-order valence-corrected chi connectivity index (χ2v) is 7.78. The van der Waals surface area contributed by atoms with E-state index < -0.39 is 23.2 Å². The van der Waals surface area contributed by atoms with Gasteiger partial charge in [0.1, 0.15) is 22.9 Å². The molecule has 1 amide bonds. The van der Waals surface area contributed by atoms with Crippen molar-refractivity contribution in [2.75, 3.05) is 24.6 Å². The number of amides is 1. The van der Waals surface area contributed by atoms with Crippen molar-refractivity contribution in [1.82, 2.24) is 10.3 Å². The zero-order valence-electron chi connectivity index (χ0n) is 16.5. The molecule has 8 nitrogen and oxygen atoms in total. The van der Waals surface area contributed by atoms with E-state index in [1.54, 1.807) is 13.0 Å². The molecule has 27 heavy (non-hydrogen) atoms. The van der Waals surface area contributed by atoms with Gasteiger partial charge in [-0.3, -0.25) is 0 Å². The molecule has 0 radical (unpaired) electrons. The fourth-order valence-electron chi connectivity index (χ4n) is 2.95. The van der Waals surface area contributed by atoms with Crippen LogP contribution in [0.2, 0.25) is 0 Å². The number of alkyl carbamates (subject to hydrolysis) is 1. The molecule has 0 unspecified atom stereocenters. The summed E-state index contributed by atoms with van der Waals surface area (Å²) in [6.45, 7) is 10.4. The van der Waals surface area contributed by atoms with Crippen LogP contribution < -0.4 is 10.2 Å². The van der Waals surface area contributed by atoms with Gasteiger partial charge in [0.2, 0.25) is 0 Å². The lowest BCUT2D eigenvalue weighted by Gasteiger charge is -2.29. The van der Waals surface area contributed by atoms with Crippen LogP contribution in [0.5, 0.6) is 0 Å². The van der Waals surface area contributed by atoms with Crippen LogP contribution in [-0.4, -0.2) is 47.9 Å². The third kappa shape index (κ3) is 5.33. The molecule has 1 aromatic rings. The number of ether oxygens (including phenoxy) is 2. The largest absolute Gasteiger partial charge is 0.462 e. The number of rotatable bonds is 4. The van der Waals surface area contributed by atoms with E-state index in [-0.39, 0.29) is 12.3 Å². The Morgan fingerprint density at radius 1 is 1.44 bits per heavy atom. The topological polar surface area (TPSA) is 105 Å². The molecule has 146 valence electrons. The highest BCUT2D eigenvalue weighted by Gasteiger charge is 2.37. The number of carbonyl (C=O) groups excluding carboxylic acids is 2. The Hall–Kier alpha value is -2.82. The average Bonchev–Trinajstić information content (AvgIpc) is 2.94. The minimum absolute atomic E-state index is 0.215. The van der Waals surface area contributed by atoms with Crippen molar-refractivity contribution in [1.29, 1.82) is 5.26 Å². The van der Waals surface area contributed by atoms with Gasteiger partial charge < -0.3 is 19.7 Å². The number of pyridine rings is 1. The molecule has 2 rings (SSSR count). The van der Waals surface area contributed by atoms with Crippen molar-refractivity contribution in [3.05, 3.63) is 23.5 Å². The zero-order chi connectivity index (χ0) is 20.2. The minimum atomic E-state index is -0.581. The van der Waals surface area contributed by atoms with Crippen LogP contribution >= 0.6 is 0 Å². The van der Waals surface area contributed by atoms with Gasteiger partial charge in [-0.05, 0) is 47.1 Å². The highest BCUT2D eigenvalue weighted by atomic mass is 16.6. The summed E-state index contributed by atoms with van der Waals surface area (Å²) < 4.78 is 10.4. The van der Waals surface area contributed by atoms with Crippen molar-refractivity contribution in [2.45, 2.75) is 52.2 Å². The number of nitrogens with zero attached hydrogens (tertiary/aromatic N) is 3. The lowest BCUT2D eigenvalue weighted by atomic mass is 10.0. The van der Waals surface area contributed by atoms with E-state index in [2.05, 4.69) is 10.3 Å². The number of anilines is 1. The first-order chi connectivity index (χ1) is 12.6. The fourth-order valence-corrected chi connectivity index (χ4v) is 2.95. The number of nitriles is 1. The molecule has 1 aromatic heterocycles. The lowest BCUT2D eigenvalue weighted by Crippen LogP contribution is -2.49. The minimum Gasteiger partial charge on any atom is -0.462 e. The normalized spacial score (nSPS) is 19.3. The number of esters is 1. The van der Waals surface area contributed by atoms with Gasteiger partial charge in [0, 0.05) is 19.3 Å². The first-order valence-electron chi connectivity index (χ1n) is 8.90. The van der Waals surface area contributed by atoms with Crippen molar-refractivity contribution < 1.29 is 19.1 Å². The van der Waals surface area contributed by atoms with Crippen LogP contribution in [0.15, 0.2) is 12.3 Å². The standard InChI is InChI=1S/C19H26N4O4/c1-6-26-16(24)14-11-21-13(10-20)9-15(14)23-8-7-19(5,12-23)22-17(25)27-18(2,3)4/h9,11H,6-8,12H2,1-5H3,(H,22,25)/t19-/m0/s1. The van der Waals surface area contributed by atoms with Gasteiger partial charge in [-0.25, -0.2) is 14.6 Å². The van der Waals surface area contributed by atoms with E-state index in [1.807, 2.05) is 38.7 Å². The molecule has 0 bridgehead atoms. The monoisotopic (exact) mass is 374 g/mol. The molecular formula is C19H26N4O4. The maximum absolute atomic E-state index is 12.3. The SMILES string of the molecule is CCOC(=O)c1cnc(C#N)cc1N1CC[C@](C)(NC(=O)OC(C)(C)C)C1. The van der Waals surface area contributed by atoms with Gasteiger partial charge in [0.05, 0.1) is 17.8 Å². The lowest BCUT2D eigenvalue weighted by molar-refractivity contribution is 0.0470. The predicted molar refractivity (Wildman–Crippen MR) is 99.5 cm³/mol. The zero-order valence-corrected chi connectivity index (χ0v) is 16.5. The van der Waals surface area contributed by atoms with E-state index >= 15 is 0 Å². The van der Waals surface area contributed by atoms with Gasteiger partial charge >= 0.3 is 12.1 Å². The molecule has 2 heterocycles. The molecule has 1 saturated heterocycles. The highest BCUT2D eigenvalue weighted by molar-refractivity contribution is 5.95. The maximum atomic E-state index is 12.3. The molecule has 0 aliphatic carbocycles. The summed E-state index contributed by atoms with van der Waals surface area (Å²) in [6, 6.07) is 3.56. The van der Waals surface area contributed by atoms with E-state index in [1.165, 1.54) is 6.20 Å². The van der Waals surface area contributed by atoms with E-state index in [0.717, 1.165) is 0 Å². The van der Waals surface area contributed by atoms with E-state index in [4.69, 9.17) is 14.7 Å². The molecule has 1 atom stereocenters. The van der Waals surface area contributed by atoms with Crippen molar-refractivity contribution in [3.8, 4) is 6.07 Å². The molecule has 1 fully saturated rings. The van der Waals surface area contributed by atoms with Crippen LogP contribution in [0, 0.1) is 11.3 Å². The van der Waals surface area contributed by atoms with Crippen LogP contribution in [0.1, 0.15) is 57.1 Å². The van der Waals surface area contributed by atoms with Gasteiger partial charge in [-0.15, -0.1) is 0 Å². The Morgan fingerprint density at radius 3 is 2.74 bits per heavy atom. The Morgan fingerprint density at radius 2 is 2.15 bits per heavy atom. The van der Waals surface area contributed by atoms with E-state index in [9.17, 15) is 9.59 Å². The van der Waals surface area contributed by atoms with Crippen LogP contribution in [0.25, 0.3) is 0 Å². The van der Waals surface area contributed by atoms with Crippen LogP contribution in [-0.2, 0) is 9.47 Å². The summed E-state index contributed by atoms with van der Waals surface area (Å²) in [5, 5.41) is 12.1. The number of nitrogens with one attached hydrogen (secondary N) is 1. The average molecular weight is 374 g/mol. The summed E-state index contributed by atoms with van der Waals surface area (Å²) in [5.41, 5.74) is -0.00807. The third-order valence-corrected chi connectivity index (χ3v) is 4.11. The van der Waals surface area contributed by atoms with Gasteiger partial charge in [-0.1, -0.05) is 0 Å². The van der Waals surface area contributed by atoms with Crippen molar-refractivity contribution in [2.24, 2.45) is 0 Å². The fraction of sp³-hybridized carbons (Fsp3) is 0.579. The Balaban J connectivity index is 2.21.